The summed E-state index contributed by atoms with van der Waals surface area (Å²) in [6.45, 7) is 0.152. The number of sulfone groups is 1. The highest BCUT2D eigenvalue weighted by molar-refractivity contribution is 7.91. The molecule has 2 aromatic rings. The van der Waals surface area contributed by atoms with Crippen molar-refractivity contribution in [2.45, 2.75) is 11.4 Å². The molecule has 0 aliphatic carbocycles. The molecule has 0 spiro atoms. The number of hydrogen-bond donors (Lipinski definition) is 1. The molecule has 0 fully saturated rings. The van der Waals surface area contributed by atoms with Crippen molar-refractivity contribution in [2.24, 2.45) is 0 Å². The number of benzene rings is 1. The van der Waals surface area contributed by atoms with Gasteiger partial charge >= 0.3 is 0 Å². The number of hydrogen-bond acceptors (Lipinski definition) is 5. The first-order chi connectivity index (χ1) is 9.42. The molecule has 0 atom stereocenters. The van der Waals surface area contributed by atoms with Crippen LogP contribution in [0, 0.1) is 11.3 Å². The summed E-state index contributed by atoms with van der Waals surface area (Å²) in [5, 5.41) is 12.9. The zero-order valence-corrected chi connectivity index (χ0v) is 11.9. The number of nitriles is 1. The molecule has 0 saturated heterocycles. The van der Waals surface area contributed by atoms with Crippen molar-refractivity contribution < 1.29 is 8.42 Å². The van der Waals surface area contributed by atoms with Crippen molar-refractivity contribution in [3.8, 4) is 6.07 Å². The van der Waals surface area contributed by atoms with E-state index in [9.17, 15) is 8.42 Å². The van der Waals surface area contributed by atoms with E-state index in [1.807, 2.05) is 6.07 Å². The SMILES string of the molecule is N#Cc1ccc(S(=O)(=O)CCn2cc(Cl)c(N)n2)cc1. The van der Waals surface area contributed by atoms with Gasteiger partial charge in [-0.05, 0) is 24.3 Å². The number of aryl methyl sites for hydroxylation is 1. The normalized spacial score (nSPS) is 11.2. The molecule has 0 saturated carbocycles. The molecule has 8 heteroatoms. The molecule has 6 nitrogen and oxygen atoms in total. The third kappa shape index (κ3) is 3.10. The number of anilines is 1. The Hall–Kier alpha value is -2.04. The van der Waals surface area contributed by atoms with Crippen molar-refractivity contribution in [1.29, 1.82) is 5.26 Å². The second-order valence-corrected chi connectivity index (χ2v) is 6.60. The standard InChI is InChI=1S/C12H11ClN4O2S/c13-11-8-17(16-12(11)15)5-6-20(18,19)10-3-1-9(7-14)2-4-10/h1-4,8H,5-6H2,(H2,15,16). The average molecular weight is 311 g/mol. The van der Waals surface area contributed by atoms with Gasteiger partial charge in [0.25, 0.3) is 0 Å². The quantitative estimate of drug-likeness (QED) is 0.921. The maximum Gasteiger partial charge on any atom is 0.180 e. The van der Waals surface area contributed by atoms with Gasteiger partial charge in [-0.15, -0.1) is 0 Å². The summed E-state index contributed by atoms with van der Waals surface area (Å²) in [4.78, 5) is 0.169. The summed E-state index contributed by atoms with van der Waals surface area (Å²) in [6, 6.07) is 7.70. The summed E-state index contributed by atoms with van der Waals surface area (Å²) in [7, 11) is -3.44. The molecular formula is C12H11ClN4O2S. The van der Waals surface area contributed by atoms with E-state index in [0.717, 1.165) is 0 Å². The van der Waals surface area contributed by atoms with Gasteiger partial charge in [-0.2, -0.15) is 10.4 Å². The maximum absolute atomic E-state index is 12.1. The molecular weight excluding hydrogens is 300 g/mol. The third-order valence-electron chi connectivity index (χ3n) is 2.67. The molecule has 104 valence electrons. The van der Waals surface area contributed by atoms with E-state index < -0.39 is 9.84 Å². The van der Waals surface area contributed by atoms with Crippen LogP contribution in [0.4, 0.5) is 5.82 Å². The van der Waals surface area contributed by atoms with Crippen molar-refractivity contribution in [1.82, 2.24) is 9.78 Å². The lowest BCUT2D eigenvalue weighted by atomic mass is 10.2. The average Bonchev–Trinajstić information content (AvgIpc) is 2.76. The Morgan fingerprint density at radius 1 is 1.35 bits per heavy atom. The Morgan fingerprint density at radius 2 is 2.00 bits per heavy atom. The van der Waals surface area contributed by atoms with Crippen molar-refractivity contribution in [3.63, 3.8) is 0 Å². The third-order valence-corrected chi connectivity index (χ3v) is 4.68. The summed E-state index contributed by atoms with van der Waals surface area (Å²) in [5.74, 6) is 0.0403. The number of aromatic nitrogens is 2. The summed E-state index contributed by atoms with van der Waals surface area (Å²) >= 11 is 5.74. The van der Waals surface area contributed by atoms with E-state index >= 15 is 0 Å². The Balaban J connectivity index is 2.12. The highest BCUT2D eigenvalue weighted by Gasteiger charge is 2.15. The van der Waals surface area contributed by atoms with E-state index in [1.54, 1.807) is 0 Å². The van der Waals surface area contributed by atoms with Gasteiger partial charge in [-0.25, -0.2) is 8.42 Å². The Labute approximate surface area is 121 Å². The van der Waals surface area contributed by atoms with Crippen LogP contribution in [0.25, 0.3) is 0 Å². The minimum Gasteiger partial charge on any atom is -0.381 e. The lowest BCUT2D eigenvalue weighted by molar-refractivity contribution is 0.581. The predicted octanol–water partition coefficient (Wildman–Crippen LogP) is 1.46. The van der Waals surface area contributed by atoms with Crippen LogP contribution in [0.1, 0.15) is 5.56 Å². The zero-order valence-electron chi connectivity index (χ0n) is 10.3. The molecule has 0 unspecified atom stereocenters. The van der Waals surface area contributed by atoms with Gasteiger partial charge in [0.15, 0.2) is 15.7 Å². The van der Waals surface area contributed by atoms with E-state index in [0.29, 0.717) is 10.6 Å². The number of halogens is 1. The molecule has 20 heavy (non-hydrogen) atoms. The van der Waals surface area contributed by atoms with Gasteiger partial charge in [-0.1, -0.05) is 11.6 Å². The van der Waals surface area contributed by atoms with Gasteiger partial charge in [-0.3, -0.25) is 4.68 Å². The van der Waals surface area contributed by atoms with Gasteiger partial charge in [0, 0.05) is 6.20 Å². The fourth-order valence-electron chi connectivity index (χ4n) is 1.59. The van der Waals surface area contributed by atoms with E-state index in [2.05, 4.69) is 5.10 Å². The van der Waals surface area contributed by atoms with E-state index in [4.69, 9.17) is 22.6 Å². The zero-order chi connectivity index (χ0) is 14.8. The summed E-state index contributed by atoms with van der Waals surface area (Å²) in [5.41, 5.74) is 5.89. The lowest BCUT2D eigenvalue weighted by Gasteiger charge is -2.04. The van der Waals surface area contributed by atoms with Crippen LogP contribution in [0.2, 0.25) is 5.02 Å². The first-order valence-electron chi connectivity index (χ1n) is 5.64. The lowest BCUT2D eigenvalue weighted by Crippen LogP contribution is -2.13. The van der Waals surface area contributed by atoms with Crippen LogP contribution >= 0.6 is 11.6 Å². The molecule has 0 aliphatic heterocycles. The van der Waals surface area contributed by atoms with Gasteiger partial charge in [0.2, 0.25) is 0 Å². The fourth-order valence-corrected chi connectivity index (χ4v) is 2.96. The Bertz CT molecular complexity index is 740. The van der Waals surface area contributed by atoms with Gasteiger partial charge in [0.1, 0.15) is 5.02 Å². The number of nitrogens with two attached hydrogens (primary N) is 1. The number of rotatable bonds is 4. The van der Waals surface area contributed by atoms with E-state index in [-0.39, 0.29) is 23.0 Å². The summed E-state index contributed by atoms with van der Waals surface area (Å²) < 4.78 is 25.6. The van der Waals surface area contributed by atoms with Crippen LogP contribution in [0.5, 0.6) is 0 Å². The van der Waals surface area contributed by atoms with Crippen LogP contribution in [0.3, 0.4) is 0 Å². The molecule has 0 amide bonds. The number of nitrogens with zero attached hydrogens (tertiary/aromatic N) is 3. The first-order valence-corrected chi connectivity index (χ1v) is 7.67. The van der Waals surface area contributed by atoms with Gasteiger partial charge < -0.3 is 5.73 Å². The largest absolute Gasteiger partial charge is 0.381 e. The summed E-state index contributed by atoms with van der Waals surface area (Å²) in [6.07, 6.45) is 1.48. The molecule has 0 aliphatic rings. The molecule has 1 heterocycles. The molecule has 0 bridgehead atoms. The molecule has 1 aromatic heterocycles. The minimum atomic E-state index is -3.44. The second-order valence-electron chi connectivity index (χ2n) is 4.08. The molecule has 1 aromatic carbocycles. The molecule has 0 radical (unpaired) electrons. The first kappa shape index (κ1) is 14.4. The highest BCUT2D eigenvalue weighted by atomic mass is 35.5. The predicted molar refractivity (Wildman–Crippen MR) is 74.9 cm³/mol. The van der Waals surface area contributed by atoms with Crippen LogP contribution in [-0.4, -0.2) is 24.0 Å². The maximum atomic E-state index is 12.1. The Morgan fingerprint density at radius 3 is 2.50 bits per heavy atom. The molecule has 2 N–H and O–H groups in total. The minimum absolute atomic E-state index is 0.129. The van der Waals surface area contributed by atoms with Crippen LogP contribution in [0.15, 0.2) is 35.4 Å². The van der Waals surface area contributed by atoms with Crippen LogP contribution < -0.4 is 5.73 Å². The fraction of sp³-hybridized carbons (Fsp3) is 0.167. The van der Waals surface area contributed by atoms with Crippen LogP contribution in [-0.2, 0) is 16.4 Å². The van der Waals surface area contributed by atoms with E-state index in [1.165, 1.54) is 35.1 Å². The second kappa shape index (κ2) is 5.53. The number of nitrogen functional groups attached to an aromatic ring is 1. The van der Waals surface area contributed by atoms with Gasteiger partial charge in [0.05, 0.1) is 28.8 Å². The highest BCUT2D eigenvalue weighted by Crippen LogP contribution is 2.16. The van der Waals surface area contributed by atoms with Crippen molar-refractivity contribution in [3.05, 3.63) is 41.0 Å². The molecule has 2 rings (SSSR count). The Kier molecular flexibility index (Phi) is 3.97. The smallest absolute Gasteiger partial charge is 0.180 e. The topological polar surface area (TPSA) is 102 Å². The van der Waals surface area contributed by atoms with Crippen molar-refractivity contribution in [2.75, 3.05) is 11.5 Å². The van der Waals surface area contributed by atoms with Crippen molar-refractivity contribution >= 4 is 27.3 Å². The monoisotopic (exact) mass is 310 g/mol.